The monoisotopic (exact) mass is 379 g/mol. The lowest BCUT2D eigenvalue weighted by Crippen LogP contribution is -2.82. The molecule has 27 heavy (non-hydrogen) atoms. The van der Waals surface area contributed by atoms with Gasteiger partial charge in [0.15, 0.2) is 0 Å². The van der Waals surface area contributed by atoms with Crippen molar-refractivity contribution in [1.29, 1.82) is 0 Å². The van der Waals surface area contributed by atoms with Crippen LogP contribution in [0.4, 0.5) is 4.79 Å². The van der Waals surface area contributed by atoms with Gasteiger partial charge < -0.3 is 20.7 Å². The largest absolute Gasteiger partial charge is 0.444 e. The Morgan fingerprint density at radius 2 is 2.00 bits per heavy atom. The quantitative estimate of drug-likeness (QED) is 0.594. The van der Waals surface area contributed by atoms with E-state index in [1.165, 1.54) is 0 Å². The van der Waals surface area contributed by atoms with Crippen molar-refractivity contribution in [3.8, 4) is 0 Å². The number of alkyl carbamates (subject to hydrolysis) is 1. The van der Waals surface area contributed by atoms with Gasteiger partial charge in [-0.25, -0.2) is 4.79 Å². The van der Waals surface area contributed by atoms with E-state index in [0.29, 0.717) is 24.4 Å². The SMILES string of the molecule is CC(C)CC(C=CCC(=O)NC1CC2NC(C)C12C)NC(=O)OC(C)(C)C. The van der Waals surface area contributed by atoms with Gasteiger partial charge in [0.1, 0.15) is 5.60 Å². The van der Waals surface area contributed by atoms with Crippen molar-refractivity contribution in [1.82, 2.24) is 16.0 Å². The highest BCUT2D eigenvalue weighted by molar-refractivity contribution is 5.78. The van der Waals surface area contributed by atoms with Crippen LogP contribution in [0.25, 0.3) is 0 Å². The van der Waals surface area contributed by atoms with Gasteiger partial charge in [0.25, 0.3) is 0 Å². The Morgan fingerprint density at radius 3 is 2.52 bits per heavy atom. The molecule has 2 amide bonds. The zero-order chi connectivity index (χ0) is 20.4. The summed E-state index contributed by atoms with van der Waals surface area (Å²) in [6.07, 6.45) is 5.45. The average Bonchev–Trinajstić information content (AvgIpc) is 2.50. The maximum Gasteiger partial charge on any atom is 0.408 e. The summed E-state index contributed by atoms with van der Waals surface area (Å²) in [7, 11) is 0. The molecule has 2 rings (SSSR count). The number of carbonyl (C=O) groups excluding carboxylic acids is 2. The first-order chi connectivity index (χ1) is 12.4. The first-order valence-corrected chi connectivity index (χ1v) is 10.1. The van der Waals surface area contributed by atoms with Crippen LogP contribution in [0.1, 0.15) is 67.7 Å². The number of amides is 2. The van der Waals surface area contributed by atoms with E-state index < -0.39 is 11.7 Å². The molecule has 1 saturated heterocycles. The van der Waals surface area contributed by atoms with Gasteiger partial charge in [0, 0.05) is 30.0 Å². The van der Waals surface area contributed by atoms with Gasteiger partial charge in [-0.15, -0.1) is 0 Å². The molecule has 3 N–H and O–H groups in total. The highest BCUT2D eigenvalue weighted by Crippen LogP contribution is 2.50. The average molecular weight is 380 g/mol. The fourth-order valence-corrected chi connectivity index (χ4v) is 4.02. The summed E-state index contributed by atoms with van der Waals surface area (Å²) in [5.74, 6) is 0.457. The third-order valence-electron chi connectivity index (χ3n) is 5.79. The van der Waals surface area contributed by atoms with E-state index in [9.17, 15) is 9.59 Å². The molecule has 5 unspecified atom stereocenters. The minimum Gasteiger partial charge on any atom is -0.444 e. The Hall–Kier alpha value is -1.56. The van der Waals surface area contributed by atoms with Crippen LogP contribution in [0.2, 0.25) is 0 Å². The molecule has 0 spiro atoms. The van der Waals surface area contributed by atoms with E-state index in [1.807, 2.05) is 32.9 Å². The highest BCUT2D eigenvalue weighted by atomic mass is 16.6. The van der Waals surface area contributed by atoms with E-state index in [-0.39, 0.29) is 23.4 Å². The summed E-state index contributed by atoms with van der Waals surface area (Å²) in [5.41, 5.74) is -0.335. The lowest BCUT2D eigenvalue weighted by Gasteiger charge is -2.66. The lowest BCUT2D eigenvalue weighted by molar-refractivity contribution is -0.132. The number of nitrogens with one attached hydrogen (secondary N) is 3. The maximum atomic E-state index is 12.3. The molecule has 1 heterocycles. The molecule has 6 nitrogen and oxygen atoms in total. The smallest absolute Gasteiger partial charge is 0.408 e. The van der Waals surface area contributed by atoms with Crippen LogP contribution < -0.4 is 16.0 Å². The first kappa shape index (κ1) is 21.7. The zero-order valence-corrected chi connectivity index (χ0v) is 17.9. The van der Waals surface area contributed by atoms with Crippen LogP contribution in [0.15, 0.2) is 12.2 Å². The normalized spacial score (nSPS) is 30.9. The molecule has 0 aromatic carbocycles. The van der Waals surface area contributed by atoms with Crippen LogP contribution >= 0.6 is 0 Å². The Kier molecular flexibility index (Phi) is 6.61. The second-order valence-electron chi connectivity index (χ2n) is 9.68. The minimum absolute atomic E-state index is 0.0376. The molecule has 0 radical (unpaired) electrons. The molecule has 0 aromatic heterocycles. The number of hydrogen-bond donors (Lipinski definition) is 3. The predicted molar refractivity (Wildman–Crippen MR) is 107 cm³/mol. The number of rotatable bonds is 7. The zero-order valence-electron chi connectivity index (χ0n) is 17.9. The van der Waals surface area contributed by atoms with Crippen molar-refractivity contribution in [2.75, 3.05) is 0 Å². The topological polar surface area (TPSA) is 79.5 Å². The van der Waals surface area contributed by atoms with Gasteiger partial charge in [-0.2, -0.15) is 0 Å². The summed E-state index contributed by atoms with van der Waals surface area (Å²) >= 11 is 0. The summed E-state index contributed by atoms with van der Waals surface area (Å²) in [4.78, 5) is 24.3. The summed E-state index contributed by atoms with van der Waals surface area (Å²) < 4.78 is 5.33. The van der Waals surface area contributed by atoms with Gasteiger partial charge in [-0.3, -0.25) is 4.79 Å². The molecule has 2 aliphatic rings. The number of fused-ring (bicyclic) bond motifs is 1. The molecule has 154 valence electrons. The van der Waals surface area contributed by atoms with Gasteiger partial charge in [0.05, 0.1) is 6.04 Å². The number of hydrogen-bond acceptors (Lipinski definition) is 4. The summed E-state index contributed by atoms with van der Waals surface area (Å²) in [6.45, 7) is 14.1. The molecule has 2 fully saturated rings. The van der Waals surface area contributed by atoms with Crippen LogP contribution in [0.5, 0.6) is 0 Å². The van der Waals surface area contributed by atoms with Crippen LogP contribution in [0, 0.1) is 11.3 Å². The van der Waals surface area contributed by atoms with Gasteiger partial charge in [-0.05, 0) is 46.5 Å². The molecule has 1 saturated carbocycles. The van der Waals surface area contributed by atoms with Crippen molar-refractivity contribution in [2.24, 2.45) is 11.3 Å². The Balaban J connectivity index is 1.81. The lowest BCUT2D eigenvalue weighted by atomic mass is 9.52. The van der Waals surface area contributed by atoms with Crippen molar-refractivity contribution in [2.45, 2.75) is 97.5 Å². The fraction of sp³-hybridized carbons (Fsp3) is 0.810. The molecule has 0 bridgehead atoms. The molecular formula is C21H37N3O3. The van der Waals surface area contributed by atoms with Crippen molar-refractivity contribution >= 4 is 12.0 Å². The van der Waals surface area contributed by atoms with E-state index in [0.717, 1.165) is 12.8 Å². The van der Waals surface area contributed by atoms with E-state index >= 15 is 0 Å². The first-order valence-electron chi connectivity index (χ1n) is 10.1. The molecule has 1 aliphatic carbocycles. The van der Waals surface area contributed by atoms with Crippen molar-refractivity contribution in [3.05, 3.63) is 12.2 Å². The van der Waals surface area contributed by atoms with Crippen LogP contribution in [-0.4, -0.2) is 41.8 Å². The summed E-state index contributed by atoms with van der Waals surface area (Å²) in [6, 6.07) is 1.10. The molecule has 6 heteroatoms. The van der Waals surface area contributed by atoms with Gasteiger partial charge in [0.2, 0.25) is 5.91 Å². The Bertz CT molecular complexity index is 576. The minimum atomic E-state index is -0.527. The Labute approximate surface area is 163 Å². The number of piperidine rings is 1. The van der Waals surface area contributed by atoms with Crippen molar-refractivity contribution in [3.63, 3.8) is 0 Å². The summed E-state index contributed by atoms with van der Waals surface area (Å²) in [5, 5.41) is 9.53. The van der Waals surface area contributed by atoms with Gasteiger partial charge in [-0.1, -0.05) is 32.9 Å². The maximum absolute atomic E-state index is 12.3. The van der Waals surface area contributed by atoms with E-state index in [4.69, 9.17) is 4.74 Å². The molecule has 5 atom stereocenters. The van der Waals surface area contributed by atoms with Crippen LogP contribution in [0.3, 0.4) is 0 Å². The Morgan fingerprint density at radius 1 is 1.33 bits per heavy atom. The second-order valence-corrected chi connectivity index (χ2v) is 9.68. The molecular weight excluding hydrogens is 342 g/mol. The van der Waals surface area contributed by atoms with Crippen LogP contribution in [-0.2, 0) is 9.53 Å². The van der Waals surface area contributed by atoms with E-state index in [1.54, 1.807) is 0 Å². The third kappa shape index (κ3) is 5.47. The second kappa shape index (κ2) is 8.21. The number of ether oxygens (including phenoxy) is 1. The molecule has 1 aliphatic heterocycles. The highest BCUT2D eigenvalue weighted by Gasteiger charge is 2.62. The molecule has 0 aromatic rings. The van der Waals surface area contributed by atoms with Crippen molar-refractivity contribution < 1.29 is 14.3 Å². The standard InChI is InChI=1S/C21H37N3O3/c1-13(2)11-15(23-19(26)27-20(4,5)6)9-8-10-18(25)24-17-12-16-21(17,7)14(3)22-16/h8-9,13-17,22H,10-12H2,1-7H3,(H,23,26)(H,24,25). The predicted octanol–water partition coefficient (Wildman–Crippen LogP) is 3.13. The van der Waals surface area contributed by atoms with E-state index in [2.05, 4.69) is 43.6 Å². The fourth-order valence-electron chi connectivity index (χ4n) is 4.02. The third-order valence-corrected chi connectivity index (χ3v) is 5.79. The van der Waals surface area contributed by atoms with Gasteiger partial charge >= 0.3 is 6.09 Å². The number of carbonyl (C=O) groups is 2.